The third-order valence-electron chi connectivity index (χ3n) is 6.46. The molecule has 3 N–H and O–H groups in total. The van der Waals surface area contributed by atoms with Crippen LogP contribution in [0.1, 0.15) is 35.8 Å². The number of quaternary nitrogens is 1. The van der Waals surface area contributed by atoms with Crippen molar-refractivity contribution in [1.82, 2.24) is 4.98 Å². The number of nitrogens with one attached hydrogen (secondary N) is 3. The van der Waals surface area contributed by atoms with E-state index in [1.54, 1.807) is 0 Å². The van der Waals surface area contributed by atoms with E-state index in [9.17, 15) is 9.59 Å². The number of carbonyl (C=O) groups excluding carboxylic acids is 2. The number of esters is 1. The maximum atomic E-state index is 13.1. The molecule has 6 heteroatoms. The van der Waals surface area contributed by atoms with E-state index in [2.05, 4.69) is 40.6 Å². The van der Waals surface area contributed by atoms with Crippen molar-refractivity contribution in [3.8, 4) is 0 Å². The van der Waals surface area contributed by atoms with Crippen molar-refractivity contribution in [2.24, 2.45) is 5.92 Å². The van der Waals surface area contributed by atoms with Gasteiger partial charge in [0.2, 0.25) is 0 Å². The van der Waals surface area contributed by atoms with Crippen molar-refractivity contribution in [3.05, 3.63) is 65.9 Å². The van der Waals surface area contributed by atoms with Gasteiger partial charge in [-0.25, -0.2) is 4.79 Å². The number of H-pyrrole nitrogens is 1. The Kier molecular flexibility index (Phi) is 6.37. The Morgan fingerprint density at radius 2 is 1.77 bits per heavy atom. The number of fused-ring (bicyclic) bond motifs is 1. The molecular formula is C25H30N3O3+. The summed E-state index contributed by atoms with van der Waals surface area (Å²) in [6.07, 6.45) is 3.33. The predicted molar refractivity (Wildman–Crippen MR) is 121 cm³/mol. The first-order valence-corrected chi connectivity index (χ1v) is 10.9. The fourth-order valence-corrected chi connectivity index (χ4v) is 4.58. The van der Waals surface area contributed by atoms with Gasteiger partial charge >= 0.3 is 5.97 Å². The number of carbonyl (C=O) groups is 2. The topological polar surface area (TPSA) is 75.6 Å². The molecule has 3 aromatic rings. The zero-order chi connectivity index (χ0) is 21.8. The van der Waals surface area contributed by atoms with Crippen molar-refractivity contribution in [1.29, 1.82) is 0 Å². The van der Waals surface area contributed by atoms with Crippen LogP contribution in [-0.2, 0) is 16.0 Å². The number of aromatic amines is 1. The summed E-state index contributed by atoms with van der Waals surface area (Å²) in [4.78, 5) is 29.7. The summed E-state index contributed by atoms with van der Waals surface area (Å²) in [6.45, 7) is 3.92. The number of rotatable bonds is 6. The molecule has 1 saturated heterocycles. The number of piperidine rings is 1. The molecule has 0 saturated carbocycles. The molecule has 1 fully saturated rings. The number of benzene rings is 2. The first kappa shape index (κ1) is 21.1. The number of anilines is 1. The smallest absolute Gasteiger partial charge is 0.356 e. The predicted octanol–water partition coefficient (Wildman–Crippen LogP) is 2.82. The first-order chi connectivity index (χ1) is 15.1. The van der Waals surface area contributed by atoms with Gasteiger partial charge in [-0.1, -0.05) is 48.5 Å². The maximum absolute atomic E-state index is 13.1. The van der Waals surface area contributed by atoms with Crippen LogP contribution in [0, 0.1) is 5.92 Å². The molecule has 2 heterocycles. The van der Waals surface area contributed by atoms with E-state index in [1.165, 1.54) is 17.6 Å². The molecule has 1 amide bonds. The highest BCUT2D eigenvalue weighted by atomic mass is 16.5. The second-order valence-corrected chi connectivity index (χ2v) is 8.41. The first-order valence-electron chi connectivity index (χ1n) is 10.9. The van der Waals surface area contributed by atoms with Crippen LogP contribution in [0.15, 0.2) is 54.6 Å². The van der Waals surface area contributed by atoms with Crippen LogP contribution in [0.3, 0.4) is 0 Å². The van der Waals surface area contributed by atoms with E-state index < -0.39 is 5.97 Å². The van der Waals surface area contributed by atoms with Crippen LogP contribution in [0.2, 0.25) is 0 Å². The third kappa shape index (κ3) is 4.64. The minimum absolute atomic E-state index is 0.0774. The number of amides is 1. The van der Waals surface area contributed by atoms with Crippen LogP contribution >= 0.6 is 0 Å². The van der Waals surface area contributed by atoms with Crippen molar-refractivity contribution < 1.29 is 19.2 Å². The molecule has 1 aliphatic rings. The van der Waals surface area contributed by atoms with Gasteiger partial charge in [-0.15, -0.1) is 0 Å². The summed E-state index contributed by atoms with van der Waals surface area (Å²) in [5, 5.41) is 3.81. The lowest BCUT2D eigenvalue weighted by Crippen LogP contribution is -3.17. The number of hydrogen-bond acceptors (Lipinski definition) is 3. The zero-order valence-electron chi connectivity index (χ0n) is 18.1. The Hall–Kier alpha value is -3.12. The van der Waals surface area contributed by atoms with E-state index in [0.29, 0.717) is 11.6 Å². The number of aromatic nitrogens is 1. The summed E-state index contributed by atoms with van der Waals surface area (Å²) in [6, 6.07) is 18.0. The minimum atomic E-state index is -0.492. The van der Waals surface area contributed by atoms with Crippen molar-refractivity contribution in [3.63, 3.8) is 0 Å². The van der Waals surface area contributed by atoms with Crippen molar-refractivity contribution in [2.45, 2.75) is 32.2 Å². The largest absolute Gasteiger partial charge is 0.464 e. The molecule has 6 nitrogen and oxygen atoms in total. The van der Waals surface area contributed by atoms with E-state index in [4.69, 9.17) is 4.74 Å². The van der Waals surface area contributed by atoms with E-state index in [0.717, 1.165) is 43.3 Å². The van der Waals surface area contributed by atoms with Gasteiger partial charge < -0.3 is 19.9 Å². The molecule has 0 radical (unpaired) electrons. The fraction of sp³-hybridized carbons (Fsp3) is 0.360. The molecule has 0 unspecified atom stereocenters. The Morgan fingerprint density at radius 1 is 1.10 bits per heavy atom. The van der Waals surface area contributed by atoms with Crippen LogP contribution in [0.4, 0.5) is 5.69 Å². The summed E-state index contributed by atoms with van der Waals surface area (Å²) < 4.78 is 4.90. The number of likely N-dealkylation sites (tertiary alicyclic amines) is 1. The van der Waals surface area contributed by atoms with Crippen LogP contribution < -0.4 is 10.2 Å². The summed E-state index contributed by atoms with van der Waals surface area (Å²) in [7, 11) is 1.34. The number of hydrogen-bond donors (Lipinski definition) is 3. The van der Waals surface area contributed by atoms with E-state index >= 15 is 0 Å². The second-order valence-electron chi connectivity index (χ2n) is 8.41. The number of methoxy groups -OCH3 is 1. The number of para-hydroxylation sites is 1. The highest BCUT2D eigenvalue weighted by molar-refractivity contribution is 6.11. The lowest BCUT2D eigenvalue weighted by Gasteiger charge is -2.32. The summed E-state index contributed by atoms with van der Waals surface area (Å²) >= 11 is 0. The lowest BCUT2D eigenvalue weighted by atomic mass is 9.89. The van der Waals surface area contributed by atoms with Gasteiger partial charge in [0.1, 0.15) is 5.69 Å². The van der Waals surface area contributed by atoms with Gasteiger partial charge in [-0.05, 0) is 43.7 Å². The maximum Gasteiger partial charge on any atom is 0.356 e. The molecule has 162 valence electrons. The summed E-state index contributed by atoms with van der Waals surface area (Å²) in [5.41, 5.74) is 2.95. The Balaban J connectivity index is 1.41. The standard InChI is InChI=1S/C25H29N3O3/c1-17(28-14-12-19(13-15-28)16-18-8-4-3-5-9-18)24(29)27-22-20-10-6-7-11-21(20)26-23(22)25(30)31-2/h3-11,17,19,26H,12-16H2,1-2H3,(H,27,29)/p+1/t17-/m1/s1. The molecule has 0 aliphatic carbocycles. The Bertz CT molecular complexity index is 1050. The average molecular weight is 421 g/mol. The van der Waals surface area contributed by atoms with Crippen molar-refractivity contribution in [2.75, 3.05) is 25.5 Å². The monoisotopic (exact) mass is 420 g/mol. The van der Waals surface area contributed by atoms with Gasteiger partial charge in [0, 0.05) is 10.9 Å². The van der Waals surface area contributed by atoms with E-state index in [-0.39, 0.29) is 17.6 Å². The minimum Gasteiger partial charge on any atom is -0.464 e. The summed E-state index contributed by atoms with van der Waals surface area (Å²) in [5.74, 6) is 0.0978. The average Bonchev–Trinajstić information content (AvgIpc) is 3.17. The van der Waals surface area contributed by atoms with E-state index in [1.807, 2.05) is 31.2 Å². The quantitative estimate of drug-likeness (QED) is 0.537. The normalized spacial score (nSPS) is 19.7. The van der Waals surface area contributed by atoms with Gasteiger partial charge in [0.25, 0.3) is 5.91 Å². The van der Waals surface area contributed by atoms with Gasteiger partial charge in [-0.2, -0.15) is 0 Å². The lowest BCUT2D eigenvalue weighted by molar-refractivity contribution is -0.919. The Morgan fingerprint density at radius 3 is 2.48 bits per heavy atom. The Labute approximate surface area is 182 Å². The van der Waals surface area contributed by atoms with Gasteiger partial charge in [-0.3, -0.25) is 4.79 Å². The fourth-order valence-electron chi connectivity index (χ4n) is 4.58. The highest BCUT2D eigenvalue weighted by Crippen LogP contribution is 2.28. The number of ether oxygens (including phenoxy) is 1. The molecule has 0 spiro atoms. The molecule has 0 bridgehead atoms. The van der Waals surface area contributed by atoms with Gasteiger partial charge in [0.05, 0.1) is 25.9 Å². The van der Waals surface area contributed by atoms with Crippen LogP contribution in [0.5, 0.6) is 0 Å². The SMILES string of the molecule is COC(=O)c1[nH]c2ccccc2c1NC(=O)[C@@H](C)[NH+]1CCC(Cc2ccccc2)CC1. The van der Waals surface area contributed by atoms with Crippen LogP contribution in [0.25, 0.3) is 10.9 Å². The molecule has 4 rings (SSSR count). The molecule has 31 heavy (non-hydrogen) atoms. The molecule has 1 aromatic heterocycles. The molecule has 1 aliphatic heterocycles. The van der Waals surface area contributed by atoms with Crippen molar-refractivity contribution >= 4 is 28.5 Å². The van der Waals surface area contributed by atoms with Gasteiger partial charge in [0.15, 0.2) is 6.04 Å². The second kappa shape index (κ2) is 9.35. The van der Waals surface area contributed by atoms with Crippen LogP contribution in [-0.4, -0.2) is 43.1 Å². The zero-order valence-corrected chi connectivity index (χ0v) is 18.1. The third-order valence-corrected chi connectivity index (χ3v) is 6.46. The molecule has 2 aromatic carbocycles. The molecular weight excluding hydrogens is 390 g/mol. The highest BCUT2D eigenvalue weighted by Gasteiger charge is 2.31. The molecule has 1 atom stereocenters.